The molecule has 1 aromatic carbocycles. The summed E-state index contributed by atoms with van der Waals surface area (Å²) in [5.74, 6) is -0.887. The van der Waals surface area contributed by atoms with E-state index in [1.54, 1.807) is 6.20 Å². The maximum atomic E-state index is 14.0. The monoisotopic (exact) mass is 353 g/mol. The van der Waals surface area contributed by atoms with Crippen LogP contribution >= 0.6 is 11.6 Å². The molecule has 2 heterocycles. The van der Waals surface area contributed by atoms with Crippen LogP contribution in [-0.4, -0.2) is 32.3 Å². The predicted molar refractivity (Wildman–Crippen MR) is 86.7 cm³/mol. The predicted octanol–water partition coefficient (Wildman–Crippen LogP) is 3.05. The molecule has 2 aromatic rings. The molecule has 1 amide bonds. The van der Waals surface area contributed by atoms with Gasteiger partial charge in [-0.05, 0) is 25.5 Å². The average molecular weight is 354 g/mol. The quantitative estimate of drug-likeness (QED) is 0.792. The largest absolute Gasteiger partial charge is 0.332 e. The van der Waals surface area contributed by atoms with E-state index in [2.05, 4.69) is 4.98 Å². The molecule has 0 saturated carbocycles. The van der Waals surface area contributed by atoms with E-state index in [9.17, 15) is 13.6 Å². The van der Waals surface area contributed by atoms with E-state index in [0.29, 0.717) is 19.4 Å². The molecule has 1 aromatic heterocycles. The molecule has 0 aliphatic carbocycles. The van der Waals surface area contributed by atoms with E-state index in [0.717, 1.165) is 11.5 Å². The normalized spacial score (nSPS) is 16.8. The lowest BCUT2D eigenvalue weighted by Gasteiger charge is -2.35. The fourth-order valence-corrected chi connectivity index (χ4v) is 3.32. The highest BCUT2D eigenvalue weighted by molar-refractivity contribution is 6.27. The topological polar surface area (TPSA) is 38.1 Å². The average Bonchev–Trinajstić information content (AvgIpc) is 2.95. The number of aryl methyl sites for hydroxylation is 2. The van der Waals surface area contributed by atoms with Crippen molar-refractivity contribution < 1.29 is 13.6 Å². The van der Waals surface area contributed by atoms with E-state index in [1.807, 2.05) is 11.5 Å². The second-order valence-electron chi connectivity index (χ2n) is 5.97. The molecule has 128 valence electrons. The Balaban J connectivity index is 1.88. The number of fused-ring (bicyclic) bond motifs is 1. The van der Waals surface area contributed by atoms with Crippen molar-refractivity contribution in [3.8, 4) is 0 Å². The van der Waals surface area contributed by atoms with Crippen molar-refractivity contribution in [1.82, 2.24) is 14.5 Å². The summed E-state index contributed by atoms with van der Waals surface area (Å²) in [6.07, 6.45) is 3.20. The summed E-state index contributed by atoms with van der Waals surface area (Å²) in [6.45, 7) is 2.38. The van der Waals surface area contributed by atoms with Gasteiger partial charge in [0.2, 0.25) is 5.91 Å². The Morgan fingerprint density at radius 1 is 1.42 bits per heavy atom. The maximum absolute atomic E-state index is 14.0. The Morgan fingerprint density at radius 3 is 2.79 bits per heavy atom. The van der Waals surface area contributed by atoms with Crippen LogP contribution < -0.4 is 0 Å². The molecule has 4 nitrogen and oxygen atoms in total. The SMILES string of the molecule is Cc1cnc2n1CC(N(Cc1c(F)cccc1F)C(=O)CCl)CC2. The highest BCUT2D eigenvalue weighted by Crippen LogP contribution is 2.24. The molecular formula is C17H18ClF2N3O. The molecule has 24 heavy (non-hydrogen) atoms. The van der Waals surface area contributed by atoms with Crippen molar-refractivity contribution >= 4 is 17.5 Å². The fraction of sp³-hybridized carbons (Fsp3) is 0.412. The maximum Gasteiger partial charge on any atom is 0.238 e. The van der Waals surface area contributed by atoms with Crippen molar-refractivity contribution in [1.29, 1.82) is 0 Å². The van der Waals surface area contributed by atoms with E-state index in [-0.39, 0.29) is 29.9 Å². The second-order valence-corrected chi connectivity index (χ2v) is 6.24. The first kappa shape index (κ1) is 16.9. The first-order chi connectivity index (χ1) is 11.5. The first-order valence-electron chi connectivity index (χ1n) is 7.80. The van der Waals surface area contributed by atoms with Crippen LogP contribution in [0.25, 0.3) is 0 Å². The molecule has 7 heteroatoms. The number of benzene rings is 1. The van der Waals surface area contributed by atoms with E-state index < -0.39 is 11.6 Å². The summed E-state index contributed by atoms with van der Waals surface area (Å²) in [5.41, 5.74) is 0.897. The molecule has 1 unspecified atom stereocenters. The summed E-state index contributed by atoms with van der Waals surface area (Å²) < 4.78 is 30.0. The van der Waals surface area contributed by atoms with Gasteiger partial charge in [0.05, 0.1) is 12.6 Å². The Labute approximate surface area is 144 Å². The number of hydrogen-bond acceptors (Lipinski definition) is 2. The van der Waals surface area contributed by atoms with Crippen molar-refractivity contribution in [3.05, 3.63) is 53.1 Å². The zero-order chi connectivity index (χ0) is 17.3. The minimum atomic E-state index is -0.655. The number of rotatable bonds is 4. The highest BCUT2D eigenvalue weighted by atomic mass is 35.5. The van der Waals surface area contributed by atoms with E-state index in [4.69, 9.17) is 11.6 Å². The number of nitrogens with zero attached hydrogens (tertiary/aromatic N) is 3. The van der Waals surface area contributed by atoms with Crippen molar-refractivity contribution in [2.75, 3.05) is 5.88 Å². The minimum Gasteiger partial charge on any atom is -0.332 e. The van der Waals surface area contributed by atoms with Gasteiger partial charge in [-0.25, -0.2) is 13.8 Å². The van der Waals surface area contributed by atoms with Crippen molar-refractivity contribution in [3.63, 3.8) is 0 Å². The summed E-state index contributed by atoms with van der Waals surface area (Å²) in [6, 6.07) is 3.53. The van der Waals surface area contributed by atoms with Gasteiger partial charge in [-0.2, -0.15) is 0 Å². The summed E-state index contributed by atoms with van der Waals surface area (Å²) in [4.78, 5) is 18.1. The fourth-order valence-electron chi connectivity index (χ4n) is 3.16. The van der Waals surface area contributed by atoms with E-state index >= 15 is 0 Å². The Morgan fingerprint density at radius 2 is 2.12 bits per heavy atom. The van der Waals surface area contributed by atoms with Gasteiger partial charge in [0.1, 0.15) is 23.3 Å². The Hall–Kier alpha value is -1.95. The van der Waals surface area contributed by atoms with Crippen LogP contribution in [0.1, 0.15) is 23.5 Å². The van der Waals surface area contributed by atoms with Crippen LogP contribution in [0.5, 0.6) is 0 Å². The number of carbonyl (C=O) groups is 1. The smallest absolute Gasteiger partial charge is 0.238 e. The molecule has 0 N–H and O–H groups in total. The highest BCUT2D eigenvalue weighted by Gasteiger charge is 2.29. The van der Waals surface area contributed by atoms with Crippen LogP contribution in [0.2, 0.25) is 0 Å². The molecule has 0 bridgehead atoms. The first-order valence-corrected chi connectivity index (χ1v) is 8.34. The van der Waals surface area contributed by atoms with Crippen LogP contribution in [0.15, 0.2) is 24.4 Å². The molecule has 0 saturated heterocycles. The number of halogens is 3. The van der Waals surface area contributed by atoms with Crippen LogP contribution in [0.3, 0.4) is 0 Å². The molecule has 0 radical (unpaired) electrons. The van der Waals surface area contributed by atoms with Gasteiger partial charge < -0.3 is 9.47 Å². The zero-order valence-electron chi connectivity index (χ0n) is 13.3. The molecule has 3 rings (SSSR count). The van der Waals surface area contributed by atoms with Gasteiger partial charge in [0.25, 0.3) is 0 Å². The number of imidazole rings is 1. The molecule has 0 fully saturated rings. The number of carbonyl (C=O) groups excluding carboxylic acids is 1. The summed E-state index contributed by atoms with van der Waals surface area (Å²) in [7, 11) is 0. The number of hydrogen-bond donors (Lipinski definition) is 0. The van der Waals surface area contributed by atoms with Crippen LogP contribution in [-0.2, 0) is 24.3 Å². The van der Waals surface area contributed by atoms with Gasteiger partial charge in [-0.3, -0.25) is 4.79 Å². The van der Waals surface area contributed by atoms with Gasteiger partial charge in [0.15, 0.2) is 0 Å². The summed E-state index contributed by atoms with van der Waals surface area (Å²) in [5, 5.41) is 0. The Bertz CT molecular complexity index is 742. The number of aromatic nitrogens is 2. The number of alkyl halides is 1. The number of amides is 1. The van der Waals surface area contributed by atoms with Gasteiger partial charge in [0, 0.05) is 30.4 Å². The lowest BCUT2D eigenvalue weighted by atomic mass is 10.0. The summed E-state index contributed by atoms with van der Waals surface area (Å²) >= 11 is 5.72. The third kappa shape index (κ3) is 3.15. The molecule has 1 atom stereocenters. The molecule has 1 aliphatic rings. The lowest BCUT2D eigenvalue weighted by Crippen LogP contribution is -2.45. The van der Waals surface area contributed by atoms with Crippen LogP contribution in [0.4, 0.5) is 8.78 Å². The lowest BCUT2D eigenvalue weighted by molar-refractivity contribution is -0.132. The Kier molecular flexibility index (Phi) is 4.85. The van der Waals surface area contributed by atoms with Gasteiger partial charge >= 0.3 is 0 Å². The third-order valence-corrected chi connectivity index (χ3v) is 4.73. The van der Waals surface area contributed by atoms with Gasteiger partial charge in [-0.15, -0.1) is 11.6 Å². The standard InChI is InChI=1S/C17H18ClF2N3O/c1-11-8-21-16-6-5-12(9-22(11)16)23(17(24)7-18)10-13-14(19)3-2-4-15(13)20/h2-4,8,12H,5-7,9-10H2,1H3. The zero-order valence-corrected chi connectivity index (χ0v) is 14.1. The second kappa shape index (κ2) is 6.89. The van der Waals surface area contributed by atoms with Crippen molar-refractivity contribution in [2.45, 2.75) is 38.9 Å². The molecule has 1 aliphatic heterocycles. The third-order valence-electron chi connectivity index (χ3n) is 4.50. The van der Waals surface area contributed by atoms with Crippen LogP contribution in [0, 0.1) is 18.6 Å². The minimum absolute atomic E-state index is 0.107. The van der Waals surface area contributed by atoms with E-state index in [1.165, 1.54) is 23.1 Å². The molecular weight excluding hydrogens is 336 g/mol. The van der Waals surface area contributed by atoms with Crippen molar-refractivity contribution in [2.24, 2.45) is 0 Å². The van der Waals surface area contributed by atoms with Gasteiger partial charge in [-0.1, -0.05) is 6.07 Å². The molecule has 0 spiro atoms.